The molecular weight excluding hydrogens is 196 g/mol. The summed E-state index contributed by atoms with van der Waals surface area (Å²) in [6.07, 6.45) is 6.10. The number of thiophene rings is 1. The molecule has 0 aliphatic heterocycles. The van der Waals surface area contributed by atoms with E-state index in [2.05, 4.69) is 26.2 Å². The third-order valence-corrected chi connectivity index (χ3v) is 5.08. The van der Waals surface area contributed by atoms with Gasteiger partial charge < -0.3 is 0 Å². The van der Waals surface area contributed by atoms with Gasteiger partial charge in [0.1, 0.15) is 0 Å². The maximum Gasteiger partial charge on any atom is 0.0601 e. The Morgan fingerprint density at radius 1 is 1.46 bits per heavy atom. The Bertz CT molecular complexity index is 310. The number of thioether (sulfide) groups is 1. The van der Waals surface area contributed by atoms with Crippen molar-refractivity contribution in [1.82, 2.24) is 0 Å². The quantitative estimate of drug-likeness (QED) is 0.634. The summed E-state index contributed by atoms with van der Waals surface area (Å²) in [6.45, 7) is 4.76. The number of rotatable bonds is 1. The fourth-order valence-corrected chi connectivity index (χ4v) is 3.76. The summed E-state index contributed by atoms with van der Waals surface area (Å²) in [5.41, 5.74) is 2.15. The molecule has 0 nitrogen and oxygen atoms in total. The van der Waals surface area contributed by atoms with Crippen LogP contribution in [0.2, 0.25) is 0 Å². The molecule has 0 bridgehead atoms. The zero-order valence-electron chi connectivity index (χ0n) is 8.52. The van der Waals surface area contributed by atoms with E-state index in [9.17, 15) is 0 Å². The maximum absolute atomic E-state index is 2.39. The topological polar surface area (TPSA) is 0 Å². The first-order chi connectivity index (χ1) is 6.11. The lowest BCUT2D eigenvalue weighted by molar-refractivity contribution is 0.318. The van der Waals surface area contributed by atoms with Gasteiger partial charge >= 0.3 is 0 Å². The molecule has 0 amide bonds. The number of hydrogen-bond donors (Lipinski definition) is 0. The van der Waals surface area contributed by atoms with Crippen molar-refractivity contribution in [1.29, 1.82) is 0 Å². The summed E-state index contributed by atoms with van der Waals surface area (Å²) >= 11 is 3.88. The minimum atomic E-state index is 0.531. The van der Waals surface area contributed by atoms with E-state index in [0.717, 1.165) is 0 Å². The van der Waals surface area contributed by atoms with E-state index in [1.54, 1.807) is 10.4 Å². The van der Waals surface area contributed by atoms with Crippen LogP contribution in [0.4, 0.5) is 0 Å². The first kappa shape index (κ1) is 9.60. The van der Waals surface area contributed by atoms with E-state index >= 15 is 0 Å². The molecule has 0 N–H and O–H groups in total. The molecule has 0 fully saturated rings. The van der Waals surface area contributed by atoms with Crippen molar-refractivity contribution >= 4 is 23.1 Å². The fraction of sp³-hybridized carbons (Fsp3) is 0.636. The smallest absolute Gasteiger partial charge is 0.0601 e. The Hall–Kier alpha value is 0.0500. The van der Waals surface area contributed by atoms with Crippen LogP contribution in [-0.4, -0.2) is 6.26 Å². The van der Waals surface area contributed by atoms with Crippen LogP contribution in [0.1, 0.15) is 30.7 Å². The van der Waals surface area contributed by atoms with Crippen molar-refractivity contribution < 1.29 is 0 Å². The third kappa shape index (κ3) is 1.94. The second-order valence-corrected chi connectivity index (χ2v) is 6.80. The lowest BCUT2D eigenvalue weighted by atomic mass is 9.77. The van der Waals surface area contributed by atoms with Crippen LogP contribution in [0.25, 0.3) is 0 Å². The lowest BCUT2D eigenvalue weighted by Crippen LogP contribution is -2.20. The summed E-state index contributed by atoms with van der Waals surface area (Å²) in [5.74, 6) is 0. The second kappa shape index (κ2) is 3.32. The highest BCUT2D eigenvalue weighted by atomic mass is 32.2. The number of hydrogen-bond acceptors (Lipinski definition) is 2. The van der Waals surface area contributed by atoms with Crippen LogP contribution in [0.5, 0.6) is 0 Å². The minimum Gasteiger partial charge on any atom is -0.134 e. The Morgan fingerprint density at radius 2 is 2.23 bits per heavy atom. The molecule has 1 aromatic rings. The molecule has 2 rings (SSSR count). The predicted octanol–water partition coefficient (Wildman–Crippen LogP) is 3.98. The number of fused-ring (bicyclic) bond motifs is 1. The Kier molecular flexibility index (Phi) is 2.45. The molecule has 2 heteroatoms. The first-order valence-corrected chi connectivity index (χ1v) is 6.80. The molecule has 1 heterocycles. The Labute approximate surface area is 88.7 Å². The van der Waals surface area contributed by atoms with E-state index in [1.165, 1.54) is 23.5 Å². The summed E-state index contributed by atoms with van der Waals surface area (Å²) < 4.78 is 1.49. The molecule has 1 aliphatic carbocycles. The second-order valence-electron chi connectivity index (χ2n) is 4.56. The number of aryl methyl sites for hydroxylation is 1. The standard InChI is InChI=1S/C11H16S2/c1-11(2)5-4-9-8(7-11)6-10(12-3)13-9/h6H,4-5,7H2,1-3H3. The van der Waals surface area contributed by atoms with E-state index in [0.29, 0.717) is 5.41 Å². The van der Waals surface area contributed by atoms with Gasteiger partial charge in [-0.05, 0) is 42.6 Å². The maximum atomic E-state index is 2.39. The van der Waals surface area contributed by atoms with Crippen LogP contribution in [0.3, 0.4) is 0 Å². The highest BCUT2D eigenvalue weighted by Gasteiger charge is 2.26. The normalized spacial score (nSPS) is 19.9. The molecule has 0 saturated carbocycles. The zero-order valence-corrected chi connectivity index (χ0v) is 10.1. The van der Waals surface area contributed by atoms with Gasteiger partial charge in [0.2, 0.25) is 0 Å². The molecule has 13 heavy (non-hydrogen) atoms. The molecule has 0 radical (unpaired) electrons. The molecule has 0 atom stereocenters. The van der Waals surface area contributed by atoms with Crippen molar-refractivity contribution in [2.24, 2.45) is 5.41 Å². The SMILES string of the molecule is CSc1cc2c(s1)CCC(C)(C)C2. The average Bonchev–Trinajstić information content (AvgIpc) is 2.44. The van der Waals surface area contributed by atoms with Crippen LogP contribution in [0.15, 0.2) is 10.3 Å². The van der Waals surface area contributed by atoms with Gasteiger partial charge in [0.15, 0.2) is 0 Å². The van der Waals surface area contributed by atoms with Crippen molar-refractivity contribution in [3.63, 3.8) is 0 Å². The third-order valence-electron chi connectivity index (χ3n) is 2.77. The zero-order chi connectivity index (χ0) is 9.47. The molecular formula is C11H16S2. The van der Waals surface area contributed by atoms with Crippen molar-refractivity contribution in [2.45, 2.75) is 37.3 Å². The molecule has 72 valence electrons. The largest absolute Gasteiger partial charge is 0.134 e. The van der Waals surface area contributed by atoms with Crippen molar-refractivity contribution in [3.8, 4) is 0 Å². The predicted molar refractivity (Wildman–Crippen MR) is 61.9 cm³/mol. The van der Waals surface area contributed by atoms with Gasteiger partial charge in [-0.25, -0.2) is 0 Å². The first-order valence-electron chi connectivity index (χ1n) is 4.76. The molecule has 0 unspecified atom stereocenters. The Balaban J connectivity index is 2.30. The van der Waals surface area contributed by atoms with Crippen LogP contribution >= 0.6 is 23.1 Å². The molecule has 0 spiro atoms. The van der Waals surface area contributed by atoms with E-state index in [-0.39, 0.29) is 0 Å². The van der Waals surface area contributed by atoms with Gasteiger partial charge in [0.25, 0.3) is 0 Å². The van der Waals surface area contributed by atoms with Gasteiger partial charge in [-0.1, -0.05) is 13.8 Å². The Morgan fingerprint density at radius 3 is 2.92 bits per heavy atom. The van der Waals surface area contributed by atoms with Crippen LogP contribution in [0, 0.1) is 5.41 Å². The summed E-state index contributed by atoms with van der Waals surface area (Å²) in [5, 5.41) is 0. The highest BCUT2D eigenvalue weighted by Crippen LogP contribution is 2.40. The minimum absolute atomic E-state index is 0.531. The highest BCUT2D eigenvalue weighted by molar-refractivity contribution is 8.00. The van der Waals surface area contributed by atoms with E-state index in [1.807, 2.05) is 23.1 Å². The summed E-state index contributed by atoms with van der Waals surface area (Å²) in [6, 6.07) is 2.39. The van der Waals surface area contributed by atoms with Crippen molar-refractivity contribution in [3.05, 3.63) is 16.5 Å². The van der Waals surface area contributed by atoms with Gasteiger partial charge in [-0.2, -0.15) is 0 Å². The molecule has 1 aromatic heterocycles. The van der Waals surface area contributed by atoms with Crippen molar-refractivity contribution in [2.75, 3.05) is 6.26 Å². The molecule has 0 saturated heterocycles. The molecule has 0 aromatic carbocycles. The lowest BCUT2D eigenvalue weighted by Gasteiger charge is -2.29. The summed E-state index contributed by atoms with van der Waals surface area (Å²) in [4.78, 5) is 1.64. The van der Waals surface area contributed by atoms with Gasteiger partial charge in [0.05, 0.1) is 4.21 Å². The van der Waals surface area contributed by atoms with Gasteiger partial charge in [-0.3, -0.25) is 0 Å². The van der Waals surface area contributed by atoms with E-state index < -0.39 is 0 Å². The molecule has 1 aliphatic rings. The fourth-order valence-electron chi connectivity index (χ4n) is 1.96. The van der Waals surface area contributed by atoms with Crippen LogP contribution < -0.4 is 0 Å². The average molecular weight is 212 g/mol. The van der Waals surface area contributed by atoms with Gasteiger partial charge in [0, 0.05) is 4.88 Å². The summed E-state index contributed by atoms with van der Waals surface area (Å²) in [7, 11) is 0. The van der Waals surface area contributed by atoms with Gasteiger partial charge in [-0.15, -0.1) is 23.1 Å². The monoisotopic (exact) mass is 212 g/mol. The van der Waals surface area contributed by atoms with E-state index in [4.69, 9.17) is 0 Å². The van der Waals surface area contributed by atoms with Crippen LogP contribution in [-0.2, 0) is 12.8 Å².